The fraction of sp³-hybridized carbons (Fsp3) is 0.222. The highest BCUT2D eigenvalue weighted by atomic mass is 35.5. The van der Waals surface area contributed by atoms with Gasteiger partial charge in [-0.2, -0.15) is 5.10 Å². The number of halogens is 1. The van der Waals surface area contributed by atoms with Crippen LogP contribution < -0.4 is 10.2 Å². The van der Waals surface area contributed by atoms with Gasteiger partial charge in [-0.3, -0.25) is 4.79 Å². The number of hydrazone groups is 1. The fourth-order valence-electron chi connectivity index (χ4n) is 2.08. The third-order valence-electron chi connectivity index (χ3n) is 3.41. The van der Waals surface area contributed by atoms with Gasteiger partial charge in [-0.05, 0) is 73.9 Å². The molecule has 0 saturated carbocycles. The first-order valence-corrected chi connectivity index (χ1v) is 7.76. The minimum atomic E-state index is -0.363. The summed E-state index contributed by atoms with van der Waals surface area (Å²) in [5.41, 5.74) is 5.67. The average Bonchev–Trinajstić information content (AvgIpc) is 2.56. The molecule has 0 aliphatic carbocycles. The van der Waals surface area contributed by atoms with Gasteiger partial charge in [-0.15, -0.1) is 0 Å². The molecule has 0 aliphatic heterocycles. The maximum absolute atomic E-state index is 11.8. The van der Waals surface area contributed by atoms with Crippen molar-refractivity contribution in [1.82, 2.24) is 5.43 Å². The molecule has 0 aromatic heterocycles. The van der Waals surface area contributed by atoms with E-state index in [4.69, 9.17) is 16.3 Å². The third-order valence-corrected chi connectivity index (χ3v) is 4.01. The third kappa shape index (κ3) is 4.73. The lowest BCUT2D eigenvalue weighted by Crippen LogP contribution is -2.25. The lowest BCUT2D eigenvalue weighted by Gasteiger charge is -2.09. The van der Waals surface area contributed by atoms with Crippen LogP contribution in [0.15, 0.2) is 41.5 Å². The molecule has 0 aliphatic rings. The van der Waals surface area contributed by atoms with Gasteiger partial charge in [-0.1, -0.05) is 11.6 Å². The Kier molecular flexibility index (Phi) is 5.82. The Balaban J connectivity index is 1.91. The van der Waals surface area contributed by atoms with Gasteiger partial charge >= 0.3 is 0 Å². The van der Waals surface area contributed by atoms with E-state index in [2.05, 4.69) is 10.5 Å². The van der Waals surface area contributed by atoms with Gasteiger partial charge < -0.3 is 9.84 Å². The van der Waals surface area contributed by atoms with Crippen molar-refractivity contribution in [2.45, 2.75) is 20.8 Å². The zero-order chi connectivity index (χ0) is 17.7. The molecule has 0 radical (unpaired) electrons. The van der Waals surface area contributed by atoms with E-state index < -0.39 is 0 Å². The lowest BCUT2D eigenvalue weighted by molar-refractivity contribution is -0.123. The summed E-state index contributed by atoms with van der Waals surface area (Å²) in [4.78, 5) is 11.8. The number of nitrogens with one attached hydrogen (secondary N) is 1. The second-order valence-corrected chi connectivity index (χ2v) is 5.82. The molecule has 5 nitrogen and oxygen atoms in total. The van der Waals surface area contributed by atoms with E-state index in [1.165, 1.54) is 0 Å². The number of ether oxygens (including phenoxy) is 1. The Morgan fingerprint density at radius 2 is 1.79 bits per heavy atom. The molecule has 2 aromatic rings. The summed E-state index contributed by atoms with van der Waals surface area (Å²) in [7, 11) is 0. The van der Waals surface area contributed by atoms with Crippen LogP contribution in [0.5, 0.6) is 11.5 Å². The van der Waals surface area contributed by atoms with Crippen molar-refractivity contribution in [2.75, 3.05) is 6.61 Å². The standard InChI is InChI=1S/C18H19ClN2O3/c1-11-8-16(9-12(2)18(11)19)24-10-17(23)21-20-13(3)14-4-6-15(22)7-5-14/h4-9,22H,10H2,1-3H3,(H,21,23)/b20-13+. The molecule has 2 N–H and O–H groups in total. The fourth-order valence-corrected chi connectivity index (χ4v) is 2.19. The second-order valence-electron chi connectivity index (χ2n) is 5.44. The van der Waals surface area contributed by atoms with Crippen LogP contribution in [0.25, 0.3) is 0 Å². The molecule has 0 bridgehead atoms. The highest BCUT2D eigenvalue weighted by Gasteiger charge is 2.06. The molecule has 1 amide bonds. The molecule has 0 heterocycles. The van der Waals surface area contributed by atoms with Gasteiger partial charge in [0.05, 0.1) is 5.71 Å². The van der Waals surface area contributed by atoms with Crippen molar-refractivity contribution >= 4 is 23.2 Å². The zero-order valence-corrected chi connectivity index (χ0v) is 14.5. The molecule has 0 unspecified atom stereocenters. The zero-order valence-electron chi connectivity index (χ0n) is 13.8. The van der Waals surface area contributed by atoms with Gasteiger partial charge in [0.25, 0.3) is 5.91 Å². The number of carbonyl (C=O) groups excluding carboxylic acids is 1. The highest BCUT2D eigenvalue weighted by molar-refractivity contribution is 6.32. The van der Waals surface area contributed by atoms with Gasteiger partial charge in [0.15, 0.2) is 6.61 Å². The van der Waals surface area contributed by atoms with Crippen molar-refractivity contribution < 1.29 is 14.6 Å². The summed E-state index contributed by atoms with van der Waals surface area (Å²) in [5.74, 6) is 0.403. The number of phenols is 1. The van der Waals surface area contributed by atoms with E-state index in [9.17, 15) is 9.90 Å². The van der Waals surface area contributed by atoms with Crippen LogP contribution in [-0.2, 0) is 4.79 Å². The Morgan fingerprint density at radius 3 is 2.38 bits per heavy atom. The van der Waals surface area contributed by atoms with Crippen LogP contribution in [0, 0.1) is 13.8 Å². The smallest absolute Gasteiger partial charge is 0.277 e. The van der Waals surface area contributed by atoms with Crippen molar-refractivity contribution in [1.29, 1.82) is 0 Å². The predicted octanol–water partition coefficient (Wildman–Crippen LogP) is 3.58. The molecule has 6 heteroatoms. The quantitative estimate of drug-likeness (QED) is 0.642. The van der Waals surface area contributed by atoms with Crippen LogP contribution >= 0.6 is 11.6 Å². The minimum Gasteiger partial charge on any atom is -0.508 e. The van der Waals surface area contributed by atoms with Gasteiger partial charge in [0, 0.05) is 5.02 Å². The van der Waals surface area contributed by atoms with Crippen LogP contribution in [0.4, 0.5) is 0 Å². The molecular formula is C18H19ClN2O3. The first-order valence-electron chi connectivity index (χ1n) is 7.39. The van der Waals surface area contributed by atoms with Crippen LogP contribution in [-0.4, -0.2) is 23.3 Å². The van der Waals surface area contributed by atoms with Crippen molar-refractivity contribution in [3.63, 3.8) is 0 Å². The number of phenolic OH excluding ortho intramolecular Hbond substituents is 1. The van der Waals surface area contributed by atoms with E-state index in [0.29, 0.717) is 16.5 Å². The van der Waals surface area contributed by atoms with E-state index in [-0.39, 0.29) is 18.3 Å². The SMILES string of the molecule is C/C(=N\NC(=O)COc1cc(C)c(Cl)c(C)c1)c1ccc(O)cc1. The number of aromatic hydroxyl groups is 1. The van der Waals surface area contributed by atoms with E-state index in [1.54, 1.807) is 43.3 Å². The van der Waals surface area contributed by atoms with E-state index in [0.717, 1.165) is 16.7 Å². The first kappa shape index (κ1) is 17.8. The Bertz CT molecular complexity index is 747. The molecule has 0 saturated heterocycles. The summed E-state index contributed by atoms with van der Waals surface area (Å²) in [6.45, 7) is 5.38. The average molecular weight is 347 g/mol. The molecule has 126 valence electrons. The maximum Gasteiger partial charge on any atom is 0.277 e. The van der Waals surface area contributed by atoms with Crippen molar-refractivity contribution in [2.24, 2.45) is 5.10 Å². The number of amides is 1. The maximum atomic E-state index is 11.8. The summed E-state index contributed by atoms with van der Waals surface area (Å²) in [6.07, 6.45) is 0. The number of hydrogen-bond donors (Lipinski definition) is 2. The van der Waals surface area contributed by atoms with Crippen LogP contribution in [0.2, 0.25) is 5.02 Å². The number of carbonyl (C=O) groups is 1. The van der Waals surface area contributed by atoms with Crippen molar-refractivity contribution in [3.05, 3.63) is 58.1 Å². The topological polar surface area (TPSA) is 70.9 Å². The second kappa shape index (κ2) is 7.84. The number of benzene rings is 2. The van der Waals surface area contributed by atoms with E-state index >= 15 is 0 Å². The largest absolute Gasteiger partial charge is 0.508 e. The molecule has 2 aromatic carbocycles. The summed E-state index contributed by atoms with van der Waals surface area (Å²) >= 11 is 6.10. The number of nitrogens with zero attached hydrogens (tertiary/aromatic N) is 1. The summed E-state index contributed by atoms with van der Waals surface area (Å²) in [5, 5.41) is 14.0. The first-order chi connectivity index (χ1) is 11.4. The Labute approximate surface area is 145 Å². The van der Waals surface area contributed by atoms with Gasteiger partial charge in [-0.25, -0.2) is 5.43 Å². The molecule has 2 rings (SSSR count). The number of rotatable bonds is 5. The number of aryl methyl sites for hydroxylation is 2. The van der Waals surface area contributed by atoms with Gasteiger partial charge in [0.1, 0.15) is 11.5 Å². The predicted molar refractivity (Wildman–Crippen MR) is 94.9 cm³/mol. The molecule has 0 atom stereocenters. The summed E-state index contributed by atoms with van der Waals surface area (Å²) in [6, 6.07) is 10.1. The molecule has 0 spiro atoms. The minimum absolute atomic E-state index is 0.146. The molecule has 24 heavy (non-hydrogen) atoms. The molecule has 0 fully saturated rings. The highest BCUT2D eigenvalue weighted by Crippen LogP contribution is 2.25. The Morgan fingerprint density at radius 1 is 1.21 bits per heavy atom. The monoisotopic (exact) mass is 346 g/mol. The summed E-state index contributed by atoms with van der Waals surface area (Å²) < 4.78 is 5.47. The number of hydrogen-bond acceptors (Lipinski definition) is 4. The van der Waals surface area contributed by atoms with E-state index in [1.807, 2.05) is 13.8 Å². The van der Waals surface area contributed by atoms with Gasteiger partial charge in [0.2, 0.25) is 0 Å². The lowest BCUT2D eigenvalue weighted by atomic mass is 10.1. The van der Waals surface area contributed by atoms with Crippen LogP contribution in [0.1, 0.15) is 23.6 Å². The normalized spacial score (nSPS) is 11.2. The molecular weight excluding hydrogens is 328 g/mol. The van der Waals surface area contributed by atoms with Crippen LogP contribution in [0.3, 0.4) is 0 Å². The Hall–Kier alpha value is -2.53. The van der Waals surface area contributed by atoms with Crippen molar-refractivity contribution in [3.8, 4) is 11.5 Å².